The van der Waals surface area contributed by atoms with E-state index >= 15 is 0 Å². The molecule has 2 heterocycles. The van der Waals surface area contributed by atoms with Gasteiger partial charge in [0.2, 0.25) is 12.7 Å². The second-order valence-corrected chi connectivity index (χ2v) is 5.70. The van der Waals surface area contributed by atoms with E-state index in [4.69, 9.17) is 9.47 Å². The second kappa shape index (κ2) is 5.22. The Bertz CT molecular complexity index is 772. The molecule has 0 bridgehead atoms. The molecule has 1 aliphatic carbocycles. The predicted molar refractivity (Wildman–Crippen MR) is 78.2 cm³/mol. The molecule has 2 fully saturated rings. The largest absolute Gasteiger partial charge is 0.454 e. The zero-order valence-electron chi connectivity index (χ0n) is 12.5. The molecule has 1 aromatic rings. The van der Waals surface area contributed by atoms with Gasteiger partial charge in [0.1, 0.15) is 6.54 Å². The molecule has 0 spiro atoms. The number of anilines is 1. The highest BCUT2D eigenvalue weighted by Crippen LogP contribution is 2.34. The van der Waals surface area contributed by atoms with Crippen LogP contribution in [0.5, 0.6) is 11.5 Å². The molecule has 2 aliphatic heterocycles. The number of ether oxygens (including phenoxy) is 2. The Morgan fingerprint density at radius 1 is 1.12 bits per heavy atom. The maximum absolute atomic E-state index is 12.1. The summed E-state index contributed by atoms with van der Waals surface area (Å²) < 4.78 is 10.4. The standard InChI is InChI=1S/C15H13N3O6/c19-12(16-8-1-4-10-11(5-8)24-7-23-10)6-17-13(20)14(21)18(15(17)22)9-2-3-9/h1,4-5,9H,2-3,6-7H2,(H,16,19). The third kappa shape index (κ3) is 2.34. The lowest BCUT2D eigenvalue weighted by Gasteiger charge is -2.14. The smallest absolute Gasteiger partial charge is 0.334 e. The Kier molecular flexibility index (Phi) is 3.15. The van der Waals surface area contributed by atoms with Crippen molar-refractivity contribution in [3.8, 4) is 11.5 Å². The van der Waals surface area contributed by atoms with Crippen LogP contribution in [0.1, 0.15) is 12.8 Å². The van der Waals surface area contributed by atoms with Gasteiger partial charge in [-0.05, 0) is 25.0 Å². The summed E-state index contributed by atoms with van der Waals surface area (Å²) in [6.07, 6.45) is 1.39. The van der Waals surface area contributed by atoms with Gasteiger partial charge in [-0.2, -0.15) is 0 Å². The fourth-order valence-electron chi connectivity index (χ4n) is 2.63. The number of urea groups is 1. The zero-order chi connectivity index (χ0) is 16.8. The van der Waals surface area contributed by atoms with Crippen molar-refractivity contribution in [1.29, 1.82) is 0 Å². The van der Waals surface area contributed by atoms with Crippen LogP contribution >= 0.6 is 0 Å². The molecule has 5 amide bonds. The van der Waals surface area contributed by atoms with E-state index in [9.17, 15) is 19.2 Å². The number of rotatable bonds is 4. The quantitative estimate of drug-likeness (QED) is 0.629. The van der Waals surface area contributed by atoms with Crippen molar-refractivity contribution in [2.24, 2.45) is 0 Å². The van der Waals surface area contributed by atoms with E-state index in [-0.39, 0.29) is 12.8 Å². The van der Waals surface area contributed by atoms with Crippen LogP contribution in [0, 0.1) is 0 Å². The van der Waals surface area contributed by atoms with E-state index in [1.165, 1.54) is 0 Å². The number of hydrogen-bond acceptors (Lipinski definition) is 6. The van der Waals surface area contributed by atoms with Gasteiger partial charge < -0.3 is 14.8 Å². The van der Waals surface area contributed by atoms with E-state index in [1.54, 1.807) is 18.2 Å². The minimum Gasteiger partial charge on any atom is -0.454 e. The molecule has 24 heavy (non-hydrogen) atoms. The molecule has 4 rings (SSSR count). The van der Waals surface area contributed by atoms with Gasteiger partial charge in [0, 0.05) is 17.8 Å². The third-order valence-corrected chi connectivity index (χ3v) is 3.95. The molecular weight excluding hydrogens is 318 g/mol. The average molecular weight is 331 g/mol. The van der Waals surface area contributed by atoms with Crippen molar-refractivity contribution >= 4 is 29.4 Å². The van der Waals surface area contributed by atoms with Gasteiger partial charge in [0.15, 0.2) is 11.5 Å². The van der Waals surface area contributed by atoms with Gasteiger partial charge >= 0.3 is 17.8 Å². The van der Waals surface area contributed by atoms with Crippen molar-refractivity contribution in [2.45, 2.75) is 18.9 Å². The lowest BCUT2D eigenvalue weighted by atomic mass is 10.2. The number of nitrogens with zero attached hydrogens (tertiary/aromatic N) is 2. The summed E-state index contributed by atoms with van der Waals surface area (Å²) in [4.78, 5) is 49.6. The van der Waals surface area contributed by atoms with Crippen molar-refractivity contribution in [2.75, 3.05) is 18.7 Å². The highest BCUT2D eigenvalue weighted by atomic mass is 16.7. The fourth-order valence-corrected chi connectivity index (χ4v) is 2.63. The molecule has 0 atom stereocenters. The summed E-state index contributed by atoms with van der Waals surface area (Å²) in [5, 5.41) is 2.56. The van der Waals surface area contributed by atoms with Crippen molar-refractivity contribution in [1.82, 2.24) is 9.80 Å². The summed E-state index contributed by atoms with van der Waals surface area (Å²) in [7, 11) is 0. The fraction of sp³-hybridized carbons (Fsp3) is 0.333. The second-order valence-electron chi connectivity index (χ2n) is 5.70. The Morgan fingerprint density at radius 2 is 1.88 bits per heavy atom. The van der Waals surface area contributed by atoms with Crippen molar-refractivity contribution < 1.29 is 28.7 Å². The van der Waals surface area contributed by atoms with Crippen molar-refractivity contribution in [3.05, 3.63) is 18.2 Å². The van der Waals surface area contributed by atoms with Gasteiger partial charge in [-0.25, -0.2) is 9.69 Å². The maximum atomic E-state index is 12.1. The van der Waals surface area contributed by atoms with Crippen LogP contribution in [0.15, 0.2) is 18.2 Å². The number of carbonyl (C=O) groups excluding carboxylic acids is 4. The molecule has 1 saturated heterocycles. The maximum Gasteiger partial charge on any atom is 0.334 e. The number of nitrogens with one attached hydrogen (secondary N) is 1. The van der Waals surface area contributed by atoms with E-state index in [0.717, 1.165) is 4.90 Å². The summed E-state index contributed by atoms with van der Waals surface area (Å²) in [6, 6.07) is 3.89. The number of amides is 5. The van der Waals surface area contributed by atoms with Gasteiger partial charge in [-0.15, -0.1) is 0 Å². The monoisotopic (exact) mass is 331 g/mol. The molecule has 1 N–H and O–H groups in total. The van der Waals surface area contributed by atoms with E-state index < -0.39 is 30.3 Å². The summed E-state index contributed by atoms with van der Waals surface area (Å²) in [6.45, 7) is -0.399. The first-order valence-corrected chi connectivity index (χ1v) is 7.43. The number of fused-ring (bicyclic) bond motifs is 1. The zero-order valence-corrected chi connectivity index (χ0v) is 12.5. The predicted octanol–water partition coefficient (Wildman–Crippen LogP) is 0.307. The topological polar surface area (TPSA) is 105 Å². The molecule has 9 nitrogen and oxygen atoms in total. The SMILES string of the molecule is O=C(CN1C(=O)C(=O)N(C2CC2)C1=O)Nc1ccc2c(c1)OCO2. The molecule has 0 unspecified atom stereocenters. The van der Waals surface area contributed by atoms with Gasteiger partial charge in [-0.1, -0.05) is 0 Å². The normalized spacial score (nSPS) is 19.2. The Labute approximate surface area is 136 Å². The molecule has 0 radical (unpaired) electrons. The molecule has 9 heteroatoms. The number of carbonyl (C=O) groups is 4. The Balaban J connectivity index is 1.43. The molecule has 0 aromatic heterocycles. The van der Waals surface area contributed by atoms with Gasteiger partial charge in [0.25, 0.3) is 0 Å². The Hall–Kier alpha value is -3.10. The third-order valence-electron chi connectivity index (χ3n) is 3.95. The summed E-state index contributed by atoms with van der Waals surface area (Å²) in [5.41, 5.74) is 0.439. The molecule has 3 aliphatic rings. The first-order chi connectivity index (χ1) is 11.5. The number of hydrogen-bond donors (Lipinski definition) is 1. The van der Waals surface area contributed by atoms with Crippen molar-refractivity contribution in [3.63, 3.8) is 0 Å². The average Bonchev–Trinajstić information content (AvgIpc) is 3.23. The molecule has 1 aromatic carbocycles. The highest BCUT2D eigenvalue weighted by molar-refractivity contribution is 6.45. The summed E-state index contributed by atoms with van der Waals surface area (Å²) in [5.74, 6) is -1.34. The lowest BCUT2D eigenvalue weighted by Crippen LogP contribution is -2.39. The first-order valence-electron chi connectivity index (χ1n) is 7.43. The van der Waals surface area contributed by atoms with E-state index in [0.29, 0.717) is 34.9 Å². The van der Waals surface area contributed by atoms with Gasteiger partial charge in [0.05, 0.1) is 0 Å². The summed E-state index contributed by atoms with van der Waals surface area (Å²) >= 11 is 0. The minimum atomic E-state index is -0.965. The van der Waals surface area contributed by atoms with Crippen LogP contribution < -0.4 is 14.8 Å². The van der Waals surface area contributed by atoms with Crippen LogP contribution in [0.2, 0.25) is 0 Å². The molecule has 124 valence electrons. The highest BCUT2D eigenvalue weighted by Gasteiger charge is 2.51. The van der Waals surface area contributed by atoms with Crippen LogP contribution in [0.25, 0.3) is 0 Å². The molecule has 1 saturated carbocycles. The lowest BCUT2D eigenvalue weighted by molar-refractivity contribution is -0.143. The minimum absolute atomic E-state index is 0.114. The van der Waals surface area contributed by atoms with E-state index in [1.807, 2.05) is 0 Å². The number of benzene rings is 1. The Morgan fingerprint density at radius 3 is 2.62 bits per heavy atom. The van der Waals surface area contributed by atoms with Crippen LogP contribution in [0.3, 0.4) is 0 Å². The van der Waals surface area contributed by atoms with Crippen LogP contribution in [-0.2, 0) is 14.4 Å². The first kappa shape index (κ1) is 14.5. The van der Waals surface area contributed by atoms with Crippen LogP contribution in [0.4, 0.5) is 10.5 Å². The van der Waals surface area contributed by atoms with Gasteiger partial charge in [-0.3, -0.25) is 19.3 Å². The molecular formula is C15H13N3O6. The number of imide groups is 2. The van der Waals surface area contributed by atoms with E-state index in [2.05, 4.69) is 5.32 Å². The van der Waals surface area contributed by atoms with Crippen LogP contribution in [-0.4, -0.2) is 52.9 Å².